The van der Waals surface area contributed by atoms with Crippen molar-refractivity contribution in [1.29, 1.82) is 0 Å². The lowest BCUT2D eigenvalue weighted by molar-refractivity contribution is 0.0950. The molecule has 146 valence electrons. The van der Waals surface area contributed by atoms with Crippen molar-refractivity contribution in [3.8, 4) is 0 Å². The number of halogens is 2. The van der Waals surface area contributed by atoms with Gasteiger partial charge in [0.05, 0.1) is 5.69 Å². The lowest BCUT2D eigenvalue weighted by Crippen LogP contribution is -2.37. The Kier molecular flexibility index (Phi) is 9.66. The number of fused-ring (bicyclic) bond motifs is 1. The summed E-state index contributed by atoms with van der Waals surface area (Å²) in [5.74, 6) is 0.756. The Hall–Kier alpha value is -1.73. The smallest absolute Gasteiger partial charge is 0.251 e. The highest BCUT2D eigenvalue weighted by Gasteiger charge is 2.07. The highest BCUT2D eigenvalue weighted by molar-refractivity contribution is 7.98. The summed E-state index contributed by atoms with van der Waals surface area (Å²) in [6.07, 6.45) is 4.05. The predicted octanol–water partition coefficient (Wildman–Crippen LogP) is 3.81. The Morgan fingerprint density at radius 1 is 1.19 bits per heavy atom. The van der Waals surface area contributed by atoms with E-state index in [-0.39, 0.29) is 36.8 Å². The number of pyridine rings is 1. The van der Waals surface area contributed by atoms with Crippen LogP contribution in [0.25, 0.3) is 5.65 Å². The Bertz CT molecular complexity index is 821. The molecule has 1 amide bonds. The third kappa shape index (κ3) is 6.43. The molecule has 0 aliphatic heterocycles. The lowest BCUT2D eigenvalue weighted by Gasteiger charge is -2.11. The highest BCUT2D eigenvalue weighted by atomic mass is 35.5. The molecular formula is C19H24Cl2N4OS. The maximum Gasteiger partial charge on any atom is 0.251 e. The van der Waals surface area contributed by atoms with Gasteiger partial charge in [-0.25, -0.2) is 4.98 Å². The molecule has 3 rings (SSSR count). The summed E-state index contributed by atoms with van der Waals surface area (Å²) >= 11 is 1.71. The molecule has 0 saturated carbocycles. The molecule has 0 radical (unpaired) electrons. The molecule has 27 heavy (non-hydrogen) atoms. The van der Waals surface area contributed by atoms with Crippen molar-refractivity contribution in [1.82, 2.24) is 20.0 Å². The van der Waals surface area contributed by atoms with Crippen LogP contribution in [0.3, 0.4) is 0 Å². The maximum atomic E-state index is 12.1. The number of thioether (sulfide) groups is 1. The van der Waals surface area contributed by atoms with E-state index in [4.69, 9.17) is 0 Å². The van der Waals surface area contributed by atoms with E-state index in [0.717, 1.165) is 22.0 Å². The van der Waals surface area contributed by atoms with Crippen LogP contribution >= 0.6 is 36.6 Å². The number of carbonyl (C=O) groups excluding carboxylic acids is 1. The van der Waals surface area contributed by atoms with Crippen molar-refractivity contribution in [2.45, 2.75) is 23.6 Å². The first-order valence-electron chi connectivity index (χ1n) is 8.26. The molecule has 2 heterocycles. The number of rotatable bonds is 7. The van der Waals surface area contributed by atoms with Crippen LogP contribution in [-0.2, 0) is 5.75 Å². The fraction of sp³-hybridized carbons (Fsp3) is 0.263. The maximum absolute atomic E-state index is 12.1. The van der Waals surface area contributed by atoms with Crippen molar-refractivity contribution in [2.75, 3.05) is 13.6 Å². The average molecular weight is 427 g/mol. The van der Waals surface area contributed by atoms with Crippen LogP contribution in [0.4, 0.5) is 0 Å². The van der Waals surface area contributed by atoms with E-state index in [0.29, 0.717) is 12.1 Å². The van der Waals surface area contributed by atoms with E-state index in [1.165, 1.54) is 0 Å². The van der Waals surface area contributed by atoms with Crippen LogP contribution in [0.15, 0.2) is 59.8 Å². The third-order valence-electron chi connectivity index (χ3n) is 3.98. The van der Waals surface area contributed by atoms with Gasteiger partial charge in [0, 0.05) is 41.2 Å². The second-order valence-electron chi connectivity index (χ2n) is 5.91. The van der Waals surface area contributed by atoms with Crippen LogP contribution in [0, 0.1) is 0 Å². The molecule has 0 spiro atoms. The fourth-order valence-corrected chi connectivity index (χ4v) is 3.15. The van der Waals surface area contributed by atoms with E-state index in [2.05, 4.69) is 15.6 Å². The number of nitrogens with zero attached hydrogens (tertiary/aromatic N) is 2. The van der Waals surface area contributed by atoms with Crippen molar-refractivity contribution in [3.05, 3.63) is 66.1 Å². The van der Waals surface area contributed by atoms with Gasteiger partial charge in [0.25, 0.3) is 5.91 Å². The number of nitrogens with one attached hydrogen (secondary N) is 2. The van der Waals surface area contributed by atoms with Gasteiger partial charge < -0.3 is 15.0 Å². The highest BCUT2D eigenvalue weighted by Crippen LogP contribution is 2.23. The van der Waals surface area contributed by atoms with Crippen LogP contribution in [0.1, 0.15) is 23.0 Å². The number of benzene rings is 1. The van der Waals surface area contributed by atoms with Gasteiger partial charge in [0.15, 0.2) is 0 Å². The van der Waals surface area contributed by atoms with Crippen LogP contribution in [0.2, 0.25) is 0 Å². The van der Waals surface area contributed by atoms with Gasteiger partial charge in [-0.3, -0.25) is 4.79 Å². The number of imidazole rings is 1. The van der Waals surface area contributed by atoms with Gasteiger partial charge in [-0.1, -0.05) is 6.07 Å². The number of amides is 1. The molecule has 2 N–H and O–H groups in total. The summed E-state index contributed by atoms with van der Waals surface area (Å²) in [6.45, 7) is 2.64. The van der Waals surface area contributed by atoms with Crippen LogP contribution in [0.5, 0.6) is 0 Å². The Morgan fingerprint density at radius 3 is 2.59 bits per heavy atom. The molecule has 3 aromatic rings. The average Bonchev–Trinajstić information content (AvgIpc) is 3.07. The first-order valence-corrected chi connectivity index (χ1v) is 9.25. The van der Waals surface area contributed by atoms with Gasteiger partial charge >= 0.3 is 0 Å². The van der Waals surface area contributed by atoms with Crippen molar-refractivity contribution >= 4 is 48.1 Å². The second-order valence-corrected chi connectivity index (χ2v) is 6.96. The van der Waals surface area contributed by atoms with Gasteiger partial charge in [-0.15, -0.1) is 36.6 Å². The molecule has 1 unspecified atom stereocenters. The molecule has 5 nitrogen and oxygen atoms in total. The minimum absolute atomic E-state index is 0. The van der Waals surface area contributed by atoms with Gasteiger partial charge in [-0.05, 0) is 50.4 Å². The fourth-order valence-electron chi connectivity index (χ4n) is 2.37. The molecule has 8 heteroatoms. The first kappa shape index (κ1) is 23.3. The first-order chi connectivity index (χ1) is 12.2. The zero-order valence-corrected chi connectivity index (χ0v) is 17.7. The van der Waals surface area contributed by atoms with Gasteiger partial charge in [0.2, 0.25) is 0 Å². The molecule has 0 bridgehead atoms. The van der Waals surface area contributed by atoms with E-state index in [9.17, 15) is 4.79 Å². The number of aromatic nitrogens is 2. The summed E-state index contributed by atoms with van der Waals surface area (Å²) in [5.41, 5.74) is 2.68. The second kappa shape index (κ2) is 11.2. The van der Waals surface area contributed by atoms with Crippen molar-refractivity contribution in [2.24, 2.45) is 0 Å². The Balaban J connectivity index is 0.00000182. The summed E-state index contributed by atoms with van der Waals surface area (Å²) in [6, 6.07) is 13.9. The molecular weight excluding hydrogens is 403 g/mol. The number of hydrogen-bond donors (Lipinski definition) is 2. The van der Waals surface area contributed by atoms with Gasteiger partial charge in [0.1, 0.15) is 5.65 Å². The standard InChI is InChI=1S/C19H22N4OS.2ClH/c1-14(20-2)11-21-19(24)15-6-8-17(9-7-15)25-13-16-12-23-10-4-3-5-18(23)22-16;;/h3-10,12,14,20H,11,13H2,1-2H3,(H,21,24);2*1H. The number of carbonyl (C=O) groups is 1. The molecule has 0 aliphatic carbocycles. The van der Waals surface area contributed by atoms with Crippen molar-refractivity contribution < 1.29 is 4.79 Å². The third-order valence-corrected chi connectivity index (χ3v) is 5.02. The van der Waals surface area contributed by atoms with Gasteiger partial charge in [-0.2, -0.15) is 0 Å². The molecule has 1 aromatic carbocycles. The molecule has 1 atom stereocenters. The largest absolute Gasteiger partial charge is 0.350 e. The van der Waals surface area contributed by atoms with E-state index >= 15 is 0 Å². The van der Waals surface area contributed by atoms with E-state index in [1.54, 1.807) is 11.8 Å². The summed E-state index contributed by atoms with van der Waals surface area (Å²) < 4.78 is 2.02. The molecule has 2 aromatic heterocycles. The molecule has 0 saturated heterocycles. The topological polar surface area (TPSA) is 58.4 Å². The summed E-state index contributed by atoms with van der Waals surface area (Å²) in [5, 5.41) is 6.02. The molecule has 0 fully saturated rings. The zero-order valence-electron chi connectivity index (χ0n) is 15.2. The predicted molar refractivity (Wildman–Crippen MR) is 117 cm³/mol. The Labute approximate surface area is 176 Å². The monoisotopic (exact) mass is 426 g/mol. The van der Waals surface area contributed by atoms with Crippen LogP contribution < -0.4 is 10.6 Å². The van der Waals surface area contributed by atoms with Crippen LogP contribution in [-0.4, -0.2) is 34.9 Å². The Morgan fingerprint density at radius 2 is 1.93 bits per heavy atom. The van der Waals surface area contributed by atoms with Crippen molar-refractivity contribution in [3.63, 3.8) is 0 Å². The minimum atomic E-state index is -0.0426. The number of hydrogen-bond acceptors (Lipinski definition) is 4. The van der Waals surface area contributed by atoms with E-state index < -0.39 is 0 Å². The lowest BCUT2D eigenvalue weighted by atomic mass is 10.2. The zero-order chi connectivity index (χ0) is 17.6. The number of likely N-dealkylation sites (N-methyl/N-ethyl adjacent to an activating group) is 1. The minimum Gasteiger partial charge on any atom is -0.350 e. The summed E-state index contributed by atoms with van der Waals surface area (Å²) in [7, 11) is 1.88. The summed E-state index contributed by atoms with van der Waals surface area (Å²) in [4.78, 5) is 17.8. The SMILES string of the molecule is CNC(C)CNC(=O)c1ccc(SCc2cn3ccccc3n2)cc1.Cl.Cl. The van der Waals surface area contributed by atoms with E-state index in [1.807, 2.05) is 73.2 Å². The quantitative estimate of drug-likeness (QED) is 0.563. The molecule has 0 aliphatic rings. The normalized spacial score (nSPS) is 11.3.